The molecule has 0 amide bonds. The zero-order chi connectivity index (χ0) is 19.1. The average molecular weight is 375 g/mol. The van der Waals surface area contributed by atoms with Crippen LogP contribution in [0.25, 0.3) is 0 Å². The Morgan fingerprint density at radius 3 is 2.73 bits per heavy atom. The number of ether oxygens (including phenoxy) is 1. The van der Waals surface area contributed by atoms with Crippen LogP contribution in [0.3, 0.4) is 0 Å². The molecule has 0 spiro atoms. The van der Waals surface area contributed by atoms with Gasteiger partial charge in [0.15, 0.2) is 10.8 Å². The molecule has 2 aromatic rings. The highest BCUT2D eigenvalue weighted by Gasteiger charge is 2.19. The molecule has 0 aliphatic carbocycles. The number of carbonyl (C=O) groups is 1. The van der Waals surface area contributed by atoms with Crippen molar-refractivity contribution in [2.24, 2.45) is 4.99 Å². The molecular formula is C18H21N3O4S. The summed E-state index contributed by atoms with van der Waals surface area (Å²) in [5.41, 5.74) is 0.293. The molecule has 1 atom stereocenters. The molecule has 0 aliphatic rings. The van der Waals surface area contributed by atoms with E-state index in [0.29, 0.717) is 13.0 Å². The Kier molecular flexibility index (Phi) is 6.85. The molecule has 0 radical (unpaired) electrons. The largest absolute Gasteiger partial charge is 0.494 e. The van der Waals surface area contributed by atoms with Crippen LogP contribution in [0.2, 0.25) is 0 Å². The summed E-state index contributed by atoms with van der Waals surface area (Å²) in [4.78, 5) is 30.8. The number of benzene rings is 1. The topological polar surface area (TPSA) is 96.7 Å². The predicted molar refractivity (Wildman–Crippen MR) is 101 cm³/mol. The van der Waals surface area contributed by atoms with Gasteiger partial charge >= 0.3 is 5.97 Å². The van der Waals surface area contributed by atoms with E-state index in [1.165, 1.54) is 17.9 Å². The lowest BCUT2D eigenvalue weighted by Gasteiger charge is -2.12. The number of aromatic amines is 1. The molecule has 1 heterocycles. The van der Waals surface area contributed by atoms with Gasteiger partial charge < -0.3 is 9.84 Å². The van der Waals surface area contributed by atoms with Crippen molar-refractivity contribution >= 4 is 24.4 Å². The Hall–Kier alpha value is -2.74. The normalized spacial score (nSPS) is 12.2. The molecule has 2 rings (SSSR count). The van der Waals surface area contributed by atoms with Gasteiger partial charge in [0.25, 0.3) is 5.56 Å². The van der Waals surface area contributed by atoms with Gasteiger partial charge in [-0.15, -0.1) is 0 Å². The van der Waals surface area contributed by atoms with Crippen molar-refractivity contribution in [2.45, 2.75) is 32.4 Å². The molecule has 2 N–H and O–H groups in total. The van der Waals surface area contributed by atoms with Gasteiger partial charge in [-0.25, -0.2) is 4.79 Å². The highest BCUT2D eigenvalue weighted by Crippen LogP contribution is 2.13. The first-order chi connectivity index (χ1) is 12.5. The second kappa shape index (κ2) is 9.10. The van der Waals surface area contributed by atoms with Crippen molar-refractivity contribution in [3.8, 4) is 5.88 Å². The monoisotopic (exact) mass is 375 g/mol. The molecular weight excluding hydrogens is 354 g/mol. The summed E-state index contributed by atoms with van der Waals surface area (Å²) in [6.07, 6.45) is 2.24. The van der Waals surface area contributed by atoms with E-state index in [1.54, 1.807) is 0 Å². The number of hydrogen-bond donors (Lipinski definition) is 2. The highest BCUT2D eigenvalue weighted by atomic mass is 32.1. The Morgan fingerprint density at radius 2 is 2.12 bits per heavy atom. The van der Waals surface area contributed by atoms with Gasteiger partial charge in [0, 0.05) is 19.2 Å². The fraction of sp³-hybridized carbons (Fsp3) is 0.333. The van der Waals surface area contributed by atoms with E-state index in [4.69, 9.17) is 17.0 Å². The van der Waals surface area contributed by atoms with Crippen molar-refractivity contribution in [3.63, 3.8) is 0 Å². The van der Waals surface area contributed by atoms with E-state index in [9.17, 15) is 14.7 Å². The lowest BCUT2D eigenvalue weighted by Crippen LogP contribution is -2.24. The number of rotatable bonds is 7. The van der Waals surface area contributed by atoms with E-state index in [0.717, 1.165) is 12.0 Å². The lowest BCUT2D eigenvalue weighted by molar-refractivity contribution is -0.142. The Labute approximate surface area is 156 Å². The molecule has 8 heteroatoms. The maximum absolute atomic E-state index is 12.1. The minimum absolute atomic E-state index is 0.0472. The van der Waals surface area contributed by atoms with Crippen LogP contribution in [-0.4, -0.2) is 40.0 Å². The van der Waals surface area contributed by atoms with E-state index >= 15 is 0 Å². The van der Waals surface area contributed by atoms with Gasteiger partial charge in [-0.2, -0.15) is 0 Å². The van der Waals surface area contributed by atoms with Crippen LogP contribution in [-0.2, 0) is 22.5 Å². The standard InChI is InChI=1S/C18H21N3O4S/c1-3-9-21-16(23)13(15(22)20-18(21)26)11-19-14(17(24)25-2)10-12-7-5-4-6-8-12/h4-8,11,14,23H,3,9-10H2,1-2H3,(H,20,22,26). The lowest BCUT2D eigenvalue weighted by atomic mass is 10.1. The summed E-state index contributed by atoms with van der Waals surface area (Å²) in [6, 6.07) is 8.51. The number of H-pyrrole nitrogens is 1. The van der Waals surface area contributed by atoms with Gasteiger partial charge in [-0.3, -0.25) is 19.3 Å². The van der Waals surface area contributed by atoms with Crippen LogP contribution in [0.4, 0.5) is 0 Å². The van der Waals surface area contributed by atoms with Crippen LogP contribution in [0.1, 0.15) is 24.5 Å². The number of carbonyl (C=O) groups excluding carboxylic acids is 1. The fourth-order valence-corrected chi connectivity index (χ4v) is 2.73. The van der Waals surface area contributed by atoms with E-state index in [1.807, 2.05) is 37.3 Å². The Bertz CT molecular complexity index is 903. The van der Waals surface area contributed by atoms with Gasteiger partial charge in [0.1, 0.15) is 5.56 Å². The van der Waals surface area contributed by atoms with Crippen LogP contribution in [0, 0.1) is 4.77 Å². The van der Waals surface area contributed by atoms with Crippen LogP contribution < -0.4 is 5.56 Å². The number of aromatic nitrogens is 2. The maximum atomic E-state index is 12.1. The SMILES string of the molecule is CCCn1c(O)c(C=NC(Cc2ccccc2)C(=O)OC)c(=O)[nH]c1=S. The third-order valence-electron chi connectivity index (χ3n) is 3.78. The summed E-state index contributed by atoms with van der Waals surface area (Å²) in [5, 5.41) is 10.3. The quantitative estimate of drug-likeness (QED) is 0.439. The van der Waals surface area contributed by atoms with Gasteiger partial charge in [-0.05, 0) is 24.2 Å². The smallest absolute Gasteiger partial charge is 0.330 e. The first-order valence-corrected chi connectivity index (χ1v) is 8.59. The molecule has 0 aliphatic heterocycles. The minimum atomic E-state index is -0.830. The van der Waals surface area contributed by atoms with Gasteiger partial charge in [-0.1, -0.05) is 37.3 Å². The summed E-state index contributed by atoms with van der Waals surface area (Å²) in [6.45, 7) is 2.37. The minimum Gasteiger partial charge on any atom is -0.494 e. The predicted octanol–water partition coefficient (Wildman–Crippen LogP) is 2.22. The zero-order valence-electron chi connectivity index (χ0n) is 14.6. The number of hydrogen-bond acceptors (Lipinski definition) is 6. The van der Waals surface area contributed by atoms with Gasteiger partial charge in [0.2, 0.25) is 5.88 Å². The second-order valence-electron chi connectivity index (χ2n) is 5.66. The Balaban J connectivity index is 2.38. The van der Waals surface area contributed by atoms with Crippen LogP contribution >= 0.6 is 12.2 Å². The molecule has 0 bridgehead atoms. The number of nitrogens with zero attached hydrogens (tertiary/aromatic N) is 2. The van der Waals surface area contributed by atoms with Crippen molar-refractivity contribution in [1.82, 2.24) is 9.55 Å². The summed E-state index contributed by atoms with van der Waals surface area (Å²) >= 11 is 5.06. The number of aliphatic imine (C=N–C) groups is 1. The van der Waals surface area contributed by atoms with E-state index in [-0.39, 0.29) is 16.2 Å². The molecule has 0 saturated heterocycles. The first-order valence-electron chi connectivity index (χ1n) is 8.19. The van der Waals surface area contributed by atoms with Crippen LogP contribution in [0.15, 0.2) is 40.1 Å². The maximum Gasteiger partial charge on any atom is 0.330 e. The number of nitrogens with one attached hydrogen (secondary N) is 1. The number of methoxy groups -OCH3 is 1. The van der Waals surface area contributed by atoms with Crippen LogP contribution in [0.5, 0.6) is 5.88 Å². The molecule has 1 aromatic carbocycles. The molecule has 26 heavy (non-hydrogen) atoms. The first kappa shape index (κ1) is 19.6. The van der Waals surface area contributed by atoms with Crippen molar-refractivity contribution < 1.29 is 14.6 Å². The molecule has 138 valence electrons. The van der Waals surface area contributed by atoms with E-state index in [2.05, 4.69) is 9.98 Å². The third kappa shape index (κ3) is 4.66. The van der Waals surface area contributed by atoms with Crippen molar-refractivity contribution in [2.75, 3.05) is 7.11 Å². The van der Waals surface area contributed by atoms with Crippen molar-refractivity contribution in [3.05, 3.63) is 56.6 Å². The highest BCUT2D eigenvalue weighted by molar-refractivity contribution is 7.71. The molecule has 0 fully saturated rings. The summed E-state index contributed by atoms with van der Waals surface area (Å²) < 4.78 is 6.35. The van der Waals surface area contributed by atoms with E-state index < -0.39 is 17.6 Å². The molecule has 1 aromatic heterocycles. The third-order valence-corrected chi connectivity index (χ3v) is 4.11. The number of aromatic hydroxyl groups is 1. The van der Waals surface area contributed by atoms with Gasteiger partial charge in [0.05, 0.1) is 7.11 Å². The summed E-state index contributed by atoms with van der Waals surface area (Å²) in [7, 11) is 1.28. The molecule has 0 saturated carbocycles. The Morgan fingerprint density at radius 1 is 1.42 bits per heavy atom. The zero-order valence-corrected chi connectivity index (χ0v) is 15.5. The molecule has 7 nitrogen and oxygen atoms in total. The average Bonchev–Trinajstić information content (AvgIpc) is 2.64. The second-order valence-corrected chi connectivity index (χ2v) is 6.04. The van der Waals surface area contributed by atoms with Crippen molar-refractivity contribution in [1.29, 1.82) is 0 Å². The number of esters is 1. The summed E-state index contributed by atoms with van der Waals surface area (Å²) in [5.74, 6) is -0.796. The fourth-order valence-electron chi connectivity index (χ4n) is 2.46. The molecule has 1 unspecified atom stereocenters.